The van der Waals surface area contributed by atoms with Crippen LogP contribution in [-0.2, 0) is 11.2 Å². The molecule has 3 nitrogen and oxygen atoms in total. The third-order valence-electron chi connectivity index (χ3n) is 2.62. The third-order valence-corrected chi connectivity index (χ3v) is 2.62. The van der Waals surface area contributed by atoms with Gasteiger partial charge in [0.2, 0.25) is 0 Å². The molecule has 2 rings (SSSR count). The van der Waals surface area contributed by atoms with Crippen LogP contribution in [0.1, 0.15) is 24.8 Å². The number of rotatable bonds is 6. The smallest absolute Gasteiger partial charge is 0.164 e. The number of aldehydes is 1. The van der Waals surface area contributed by atoms with Crippen LogP contribution >= 0.6 is 0 Å². The van der Waals surface area contributed by atoms with E-state index in [1.165, 1.54) is 0 Å². The molecule has 1 aromatic carbocycles. The Hall–Kier alpha value is -1.51. The van der Waals surface area contributed by atoms with Gasteiger partial charge in [-0.1, -0.05) is 12.1 Å². The van der Waals surface area contributed by atoms with Gasteiger partial charge in [-0.25, -0.2) is 0 Å². The Morgan fingerprint density at radius 2 is 2.25 bits per heavy atom. The number of hydrogen-bond donors (Lipinski definition) is 0. The molecule has 0 N–H and O–H groups in total. The molecule has 1 aliphatic carbocycles. The van der Waals surface area contributed by atoms with Crippen molar-refractivity contribution in [3.05, 3.63) is 23.8 Å². The normalized spacial score (nSPS) is 14.6. The lowest BCUT2D eigenvalue weighted by atomic mass is 10.1. The molecule has 1 saturated carbocycles. The van der Waals surface area contributed by atoms with Gasteiger partial charge in [-0.05, 0) is 30.9 Å². The largest absolute Gasteiger partial charge is 0.493 e. The molecular formula is C13H16O3. The second-order valence-electron chi connectivity index (χ2n) is 3.97. The van der Waals surface area contributed by atoms with Gasteiger partial charge in [-0.15, -0.1) is 0 Å². The van der Waals surface area contributed by atoms with E-state index in [4.69, 9.17) is 9.47 Å². The van der Waals surface area contributed by atoms with E-state index in [2.05, 4.69) is 0 Å². The van der Waals surface area contributed by atoms with Crippen molar-refractivity contribution >= 4 is 6.29 Å². The third kappa shape index (κ3) is 2.54. The lowest BCUT2D eigenvalue weighted by Gasteiger charge is -2.13. The van der Waals surface area contributed by atoms with Crippen LogP contribution in [0, 0.1) is 0 Å². The summed E-state index contributed by atoms with van der Waals surface area (Å²) < 4.78 is 11.1. The number of carbonyl (C=O) groups is 1. The van der Waals surface area contributed by atoms with E-state index in [0.717, 1.165) is 36.2 Å². The fraction of sp³-hybridized carbons (Fsp3) is 0.462. The van der Waals surface area contributed by atoms with Crippen molar-refractivity contribution in [1.29, 1.82) is 0 Å². The van der Waals surface area contributed by atoms with Crippen LogP contribution in [0.5, 0.6) is 11.5 Å². The first kappa shape index (κ1) is 11.0. The molecule has 0 bridgehead atoms. The highest BCUT2D eigenvalue weighted by atomic mass is 16.5. The molecule has 1 aliphatic rings. The minimum absolute atomic E-state index is 0.339. The van der Waals surface area contributed by atoms with Crippen LogP contribution in [0.2, 0.25) is 0 Å². The van der Waals surface area contributed by atoms with Crippen molar-refractivity contribution in [2.45, 2.75) is 31.8 Å². The van der Waals surface area contributed by atoms with Crippen LogP contribution in [-0.4, -0.2) is 19.5 Å². The summed E-state index contributed by atoms with van der Waals surface area (Å²) in [6.45, 7) is 0. The molecular weight excluding hydrogens is 204 g/mol. The molecule has 0 heterocycles. The second kappa shape index (κ2) is 5.01. The quantitative estimate of drug-likeness (QED) is 0.690. The van der Waals surface area contributed by atoms with Gasteiger partial charge in [0.25, 0.3) is 0 Å². The van der Waals surface area contributed by atoms with Crippen molar-refractivity contribution in [2.24, 2.45) is 0 Å². The average molecular weight is 220 g/mol. The lowest BCUT2D eigenvalue weighted by Crippen LogP contribution is -2.02. The van der Waals surface area contributed by atoms with Crippen molar-refractivity contribution in [1.82, 2.24) is 0 Å². The van der Waals surface area contributed by atoms with Crippen LogP contribution in [0.3, 0.4) is 0 Å². The van der Waals surface area contributed by atoms with Gasteiger partial charge in [0, 0.05) is 6.42 Å². The zero-order valence-corrected chi connectivity index (χ0v) is 9.44. The number of aryl methyl sites for hydroxylation is 1. The standard InChI is InChI=1S/C13H16O3/c1-15-12-6-2-4-10(5-3-9-14)13(12)16-11-7-8-11/h2,4,6,9,11H,3,5,7-8H2,1H3. The van der Waals surface area contributed by atoms with Gasteiger partial charge in [-0.3, -0.25) is 0 Å². The van der Waals surface area contributed by atoms with Crippen molar-refractivity contribution in [3.63, 3.8) is 0 Å². The number of carbonyl (C=O) groups excluding carboxylic acids is 1. The van der Waals surface area contributed by atoms with Crippen LogP contribution in [0.25, 0.3) is 0 Å². The summed E-state index contributed by atoms with van der Waals surface area (Å²) in [5.41, 5.74) is 1.05. The summed E-state index contributed by atoms with van der Waals surface area (Å²) >= 11 is 0. The summed E-state index contributed by atoms with van der Waals surface area (Å²) in [5, 5.41) is 0. The number of ether oxygens (including phenoxy) is 2. The fourth-order valence-electron chi connectivity index (χ4n) is 1.62. The Bertz CT molecular complexity index is 369. The van der Waals surface area contributed by atoms with E-state index in [9.17, 15) is 4.79 Å². The number of hydrogen-bond acceptors (Lipinski definition) is 3. The SMILES string of the molecule is COc1cccc(CCC=O)c1OC1CC1. The van der Waals surface area contributed by atoms with Gasteiger partial charge in [-0.2, -0.15) is 0 Å². The Balaban J connectivity index is 2.21. The monoisotopic (exact) mass is 220 g/mol. The molecule has 16 heavy (non-hydrogen) atoms. The first-order valence-corrected chi connectivity index (χ1v) is 5.61. The summed E-state index contributed by atoms with van der Waals surface area (Å²) in [6, 6.07) is 5.81. The fourth-order valence-corrected chi connectivity index (χ4v) is 1.62. The highest BCUT2D eigenvalue weighted by molar-refractivity contribution is 5.53. The molecule has 0 aromatic heterocycles. The van der Waals surface area contributed by atoms with Crippen molar-refractivity contribution in [2.75, 3.05) is 7.11 Å². The summed E-state index contributed by atoms with van der Waals surface area (Å²) in [5.74, 6) is 1.57. The topological polar surface area (TPSA) is 35.5 Å². The molecule has 0 unspecified atom stereocenters. The molecule has 1 aromatic rings. The maximum Gasteiger partial charge on any atom is 0.164 e. The maximum absolute atomic E-state index is 10.4. The zero-order chi connectivity index (χ0) is 11.4. The van der Waals surface area contributed by atoms with Crippen LogP contribution in [0.4, 0.5) is 0 Å². The molecule has 0 saturated heterocycles. The van der Waals surface area contributed by atoms with Crippen LogP contribution in [0.15, 0.2) is 18.2 Å². The van der Waals surface area contributed by atoms with Crippen LogP contribution < -0.4 is 9.47 Å². The van der Waals surface area contributed by atoms with E-state index in [1.807, 2.05) is 18.2 Å². The maximum atomic E-state index is 10.4. The minimum atomic E-state index is 0.339. The second-order valence-corrected chi connectivity index (χ2v) is 3.97. The molecule has 0 amide bonds. The lowest BCUT2D eigenvalue weighted by molar-refractivity contribution is -0.107. The molecule has 0 radical (unpaired) electrons. The zero-order valence-electron chi connectivity index (χ0n) is 9.44. The highest BCUT2D eigenvalue weighted by Gasteiger charge is 2.26. The predicted octanol–water partition coefficient (Wildman–Crippen LogP) is 2.37. The van der Waals surface area contributed by atoms with E-state index >= 15 is 0 Å². The van der Waals surface area contributed by atoms with E-state index < -0.39 is 0 Å². The number of para-hydroxylation sites is 1. The number of methoxy groups -OCH3 is 1. The Morgan fingerprint density at radius 3 is 2.88 bits per heavy atom. The average Bonchev–Trinajstić information content (AvgIpc) is 3.11. The van der Waals surface area contributed by atoms with Gasteiger partial charge in [0.1, 0.15) is 6.29 Å². The Morgan fingerprint density at radius 1 is 1.44 bits per heavy atom. The molecule has 3 heteroatoms. The minimum Gasteiger partial charge on any atom is -0.493 e. The number of benzene rings is 1. The first-order chi connectivity index (χ1) is 7.85. The van der Waals surface area contributed by atoms with Crippen molar-refractivity contribution < 1.29 is 14.3 Å². The van der Waals surface area contributed by atoms with Gasteiger partial charge < -0.3 is 14.3 Å². The molecule has 86 valence electrons. The molecule has 0 atom stereocenters. The summed E-state index contributed by atoms with van der Waals surface area (Å²) in [4.78, 5) is 10.4. The predicted molar refractivity (Wildman–Crippen MR) is 61.0 cm³/mol. The summed E-state index contributed by atoms with van der Waals surface area (Å²) in [6.07, 6.45) is 4.74. The molecule has 1 fully saturated rings. The Labute approximate surface area is 95.4 Å². The highest BCUT2D eigenvalue weighted by Crippen LogP contribution is 2.36. The van der Waals surface area contributed by atoms with Gasteiger partial charge in [0.05, 0.1) is 13.2 Å². The van der Waals surface area contributed by atoms with Gasteiger partial charge in [0.15, 0.2) is 11.5 Å². The van der Waals surface area contributed by atoms with E-state index in [-0.39, 0.29) is 0 Å². The Kier molecular flexibility index (Phi) is 3.44. The molecule has 0 spiro atoms. The van der Waals surface area contributed by atoms with Gasteiger partial charge >= 0.3 is 0 Å². The summed E-state index contributed by atoms with van der Waals surface area (Å²) in [7, 11) is 1.64. The molecule has 0 aliphatic heterocycles. The van der Waals surface area contributed by atoms with E-state index in [0.29, 0.717) is 18.9 Å². The van der Waals surface area contributed by atoms with E-state index in [1.54, 1.807) is 7.11 Å². The first-order valence-electron chi connectivity index (χ1n) is 5.61. The van der Waals surface area contributed by atoms with Crippen molar-refractivity contribution in [3.8, 4) is 11.5 Å².